The van der Waals surface area contributed by atoms with Gasteiger partial charge in [0.1, 0.15) is 0 Å². The van der Waals surface area contributed by atoms with Crippen LogP contribution in [0.5, 0.6) is 0 Å². The second-order valence-electron chi connectivity index (χ2n) is 11.4. The number of allylic oxidation sites excluding steroid dienone is 4. The molecule has 0 saturated carbocycles. The Morgan fingerprint density at radius 3 is 0.854 bits per heavy atom. The Bertz CT molecular complexity index is 524. The molecule has 243 valence electrons. The molecule has 0 rings (SSSR count). The van der Waals surface area contributed by atoms with E-state index in [-0.39, 0.29) is 29.6 Å². The molecule has 0 unspecified atom stereocenters. The zero-order chi connectivity index (χ0) is 29.8. The van der Waals surface area contributed by atoms with Gasteiger partial charge in [-0.25, -0.2) is 0 Å². The number of carboxylic acid groups (broad SMARTS) is 2. The number of hydrogen-bond donors (Lipinski definition) is 0. The minimum absolute atomic E-state index is 0. The summed E-state index contributed by atoms with van der Waals surface area (Å²) < 4.78 is 0. The number of hydrogen-bond acceptors (Lipinski definition) is 4. The molecule has 0 N–H and O–H groups in total. The predicted octanol–water partition coefficient (Wildman–Crippen LogP) is 9.55. The molecule has 0 aliphatic heterocycles. The van der Waals surface area contributed by atoms with Crippen LogP contribution in [0.1, 0.15) is 194 Å². The molecule has 0 aromatic carbocycles. The van der Waals surface area contributed by atoms with Gasteiger partial charge in [-0.05, 0) is 77.0 Å². The van der Waals surface area contributed by atoms with Crippen LogP contribution in [-0.2, 0) is 26.4 Å². The average Bonchev–Trinajstić information content (AvgIpc) is 2.93. The molecule has 0 aromatic heterocycles. The zero-order valence-corrected chi connectivity index (χ0v) is 28.1. The van der Waals surface area contributed by atoms with Crippen LogP contribution in [0.15, 0.2) is 24.3 Å². The van der Waals surface area contributed by atoms with E-state index in [1.54, 1.807) is 0 Å². The van der Waals surface area contributed by atoms with Crippen LogP contribution in [0.4, 0.5) is 0 Å². The van der Waals surface area contributed by atoms with Gasteiger partial charge in [0.25, 0.3) is 0 Å². The molecule has 0 saturated heterocycles. The second-order valence-corrected chi connectivity index (χ2v) is 11.4. The molecule has 0 bridgehead atoms. The third-order valence-corrected chi connectivity index (χ3v) is 7.29. The Morgan fingerprint density at radius 2 is 0.610 bits per heavy atom. The van der Waals surface area contributed by atoms with Crippen molar-refractivity contribution in [2.75, 3.05) is 0 Å². The Hall–Kier alpha value is -1.07. The van der Waals surface area contributed by atoms with Gasteiger partial charge in [0.15, 0.2) is 0 Å². The third-order valence-electron chi connectivity index (χ3n) is 7.29. The SMILES string of the molecule is CCCCCC/C=C\CCCCCCCCCC(=O)[O-].CCCCCC/C=C\CCCCCCCCCC(=O)[O-].[Co+2]. The summed E-state index contributed by atoms with van der Waals surface area (Å²) in [5, 5.41) is 20.4. The van der Waals surface area contributed by atoms with E-state index in [1.807, 2.05) is 0 Å². The van der Waals surface area contributed by atoms with E-state index in [2.05, 4.69) is 38.2 Å². The zero-order valence-electron chi connectivity index (χ0n) is 27.1. The minimum Gasteiger partial charge on any atom is -0.550 e. The summed E-state index contributed by atoms with van der Waals surface area (Å²) in [5.41, 5.74) is 0. The van der Waals surface area contributed by atoms with Crippen LogP contribution >= 0.6 is 0 Å². The summed E-state index contributed by atoms with van der Waals surface area (Å²) in [4.78, 5) is 20.4. The predicted molar refractivity (Wildman–Crippen MR) is 169 cm³/mol. The molecule has 0 aromatic rings. The fraction of sp³-hybridized carbons (Fsp3) is 0.833. The average molecular weight is 622 g/mol. The summed E-state index contributed by atoms with van der Waals surface area (Å²) in [6, 6.07) is 0. The second kappa shape index (κ2) is 41.1. The maximum Gasteiger partial charge on any atom is 2.00 e. The van der Waals surface area contributed by atoms with Crippen molar-refractivity contribution in [2.45, 2.75) is 194 Å². The topological polar surface area (TPSA) is 80.3 Å². The summed E-state index contributed by atoms with van der Waals surface area (Å²) in [5.74, 6) is -1.82. The smallest absolute Gasteiger partial charge is 0.550 e. The molecule has 0 fully saturated rings. The number of aliphatic carboxylic acids is 2. The van der Waals surface area contributed by atoms with Gasteiger partial charge >= 0.3 is 16.8 Å². The van der Waals surface area contributed by atoms with Crippen LogP contribution in [0, 0.1) is 0 Å². The summed E-state index contributed by atoms with van der Waals surface area (Å²) in [6.07, 6.45) is 41.8. The normalized spacial score (nSPS) is 11.0. The fourth-order valence-electron chi connectivity index (χ4n) is 4.68. The number of unbranched alkanes of at least 4 members (excludes halogenated alkanes) is 22. The summed E-state index contributed by atoms with van der Waals surface area (Å²) >= 11 is 0. The van der Waals surface area contributed by atoms with Crippen molar-refractivity contribution < 1.29 is 36.6 Å². The van der Waals surface area contributed by atoms with Crippen LogP contribution < -0.4 is 10.2 Å². The first-order valence-electron chi connectivity index (χ1n) is 17.2. The molecule has 41 heavy (non-hydrogen) atoms. The van der Waals surface area contributed by atoms with E-state index in [9.17, 15) is 19.8 Å². The van der Waals surface area contributed by atoms with Crippen molar-refractivity contribution in [3.8, 4) is 0 Å². The first kappa shape index (κ1) is 44.4. The van der Waals surface area contributed by atoms with E-state index < -0.39 is 11.9 Å². The Morgan fingerprint density at radius 1 is 0.390 bits per heavy atom. The van der Waals surface area contributed by atoms with Crippen molar-refractivity contribution in [2.24, 2.45) is 0 Å². The van der Waals surface area contributed by atoms with Gasteiger partial charge < -0.3 is 19.8 Å². The van der Waals surface area contributed by atoms with Crippen molar-refractivity contribution >= 4 is 11.9 Å². The van der Waals surface area contributed by atoms with E-state index in [0.29, 0.717) is 0 Å². The largest absolute Gasteiger partial charge is 2.00 e. The molecule has 0 heterocycles. The quantitative estimate of drug-likeness (QED) is 0.0591. The van der Waals surface area contributed by atoms with E-state index >= 15 is 0 Å². The van der Waals surface area contributed by atoms with E-state index in [0.717, 1.165) is 25.7 Å². The summed E-state index contributed by atoms with van der Waals surface area (Å²) in [7, 11) is 0. The van der Waals surface area contributed by atoms with Crippen molar-refractivity contribution in [3.05, 3.63) is 24.3 Å². The first-order valence-corrected chi connectivity index (χ1v) is 17.2. The van der Waals surface area contributed by atoms with Crippen molar-refractivity contribution in [1.29, 1.82) is 0 Å². The van der Waals surface area contributed by atoms with Gasteiger partial charge in [0.2, 0.25) is 0 Å². The number of carboxylic acids is 2. The first-order chi connectivity index (χ1) is 19.5. The molecular formula is C36H66CoO4. The summed E-state index contributed by atoms with van der Waals surface area (Å²) in [6.45, 7) is 4.50. The Kier molecular flexibility index (Phi) is 44.4. The Balaban J connectivity index is -0.000000688. The van der Waals surface area contributed by atoms with Crippen molar-refractivity contribution in [1.82, 2.24) is 0 Å². The molecule has 0 aliphatic carbocycles. The van der Waals surface area contributed by atoms with Gasteiger partial charge in [0, 0.05) is 11.9 Å². The molecule has 5 heteroatoms. The maximum absolute atomic E-state index is 10.2. The number of carbonyl (C=O) groups is 2. The third kappa shape index (κ3) is 49.0. The van der Waals surface area contributed by atoms with E-state index in [4.69, 9.17) is 0 Å². The van der Waals surface area contributed by atoms with Crippen LogP contribution in [0.3, 0.4) is 0 Å². The standard InChI is InChI=1S/2C18H34O2.Co/c2*1-2-3-4-5-6-7-8-9-10-11-12-13-14-15-16-17-18(19)20;/h2*7-8H,2-6,9-17H2,1H3,(H,19,20);/q;;+2/p-2/b2*8-7-;. The van der Waals surface area contributed by atoms with Crippen molar-refractivity contribution in [3.63, 3.8) is 0 Å². The maximum atomic E-state index is 10.2. The minimum atomic E-state index is -0.911. The fourth-order valence-corrected chi connectivity index (χ4v) is 4.68. The number of carbonyl (C=O) groups excluding carboxylic acids is 2. The molecule has 0 spiro atoms. The van der Waals surface area contributed by atoms with Crippen LogP contribution in [0.25, 0.3) is 0 Å². The molecular weight excluding hydrogens is 555 g/mol. The Labute approximate surface area is 265 Å². The molecule has 0 aliphatic rings. The van der Waals surface area contributed by atoms with Crippen LogP contribution in [-0.4, -0.2) is 11.9 Å². The van der Waals surface area contributed by atoms with Crippen LogP contribution in [0.2, 0.25) is 0 Å². The monoisotopic (exact) mass is 621 g/mol. The van der Waals surface area contributed by atoms with Gasteiger partial charge in [0.05, 0.1) is 0 Å². The molecule has 0 atom stereocenters. The van der Waals surface area contributed by atoms with E-state index in [1.165, 1.54) is 141 Å². The van der Waals surface area contributed by atoms with Gasteiger partial charge in [-0.3, -0.25) is 0 Å². The van der Waals surface area contributed by atoms with Gasteiger partial charge in [-0.15, -0.1) is 0 Å². The molecule has 4 nitrogen and oxygen atoms in total. The number of rotatable bonds is 30. The van der Waals surface area contributed by atoms with Gasteiger partial charge in [-0.2, -0.15) is 0 Å². The molecule has 1 radical (unpaired) electrons. The van der Waals surface area contributed by atoms with Gasteiger partial charge in [-0.1, -0.05) is 141 Å². The molecule has 0 amide bonds.